The van der Waals surface area contributed by atoms with Crippen LogP contribution in [0.3, 0.4) is 0 Å². The summed E-state index contributed by atoms with van der Waals surface area (Å²) in [6, 6.07) is 21.7. The molecule has 2 heterocycles. The molecule has 2 aliphatic rings. The van der Waals surface area contributed by atoms with Gasteiger partial charge in [0.2, 0.25) is 0 Å². The summed E-state index contributed by atoms with van der Waals surface area (Å²) in [5, 5.41) is 0. The van der Waals surface area contributed by atoms with Gasteiger partial charge in [0.15, 0.2) is 5.76 Å². The summed E-state index contributed by atoms with van der Waals surface area (Å²) in [5.41, 5.74) is 2.35. The van der Waals surface area contributed by atoms with Gasteiger partial charge in [-0.3, -0.25) is 9.69 Å². The monoisotopic (exact) mass is 488 g/mol. The predicted octanol–water partition coefficient (Wildman–Crippen LogP) is 6.85. The van der Waals surface area contributed by atoms with E-state index >= 15 is 0 Å². The average molecular weight is 489 g/mol. The molecule has 0 bridgehead atoms. The number of carbonyl (C=O) groups excluding carboxylic acids is 1. The molecule has 0 N–H and O–H groups in total. The number of likely N-dealkylation sites (tertiary alicyclic amines) is 1. The number of hydrogen-bond donors (Lipinski definition) is 0. The predicted molar refractivity (Wildman–Crippen MR) is 140 cm³/mol. The van der Waals surface area contributed by atoms with Gasteiger partial charge in [0, 0.05) is 25.7 Å². The van der Waals surface area contributed by atoms with E-state index < -0.39 is 0 Å². The maximum Gasteiger partial charge on any atom is 0.289 e. The fourth-order valence-corrected chi connectivity index (χ4v) is 5.85. The molecule has 5 rings (SSSR count). The van der Waals surface area contributed by atoms with E-state index in [1.807, 2.05) is 23.1 Å². The summed E-state index contributed by atoms with van der Waals surface area (Å²) in [4.78, 5) is 17.5. The first-order valence-corrected chi connectivity index (χ1v) is 13.5. The smallest absolute Gasteiger partial charge is 0.289 e. The van der Waals surface area contributed by atoms with E-state index in [2.05, 4.69) is 35.2 Å². The molecular formula is C31H37FN2O2. The number of nitrogens with zero attached hydrogens (tertiary/aromatic N) is 2. The van der Waals surface area contributed by atoms with Crippen molar-refractivity contribution < 1.29 is 13.6 Å². The Balaban J connectivity index is 1.19. The molecule has 2 aromatic carbocycles. The van der Waals surface area contributed by atoms with E-state index in [0.717, 1.165) is 56.5 Å². The van der Waals surface area contributed by atoms with Crippen LogP contribution in [0.4, 0.5) is 4.39 Å². The van der Waals surface area contributed by atoms with Crippen molar-refractivity contribution in [3.05, 3.63) is 95.2 Å². The molecule has 1 aliphatic carbocycles. The molecule has 0 radical (unpaired) electrons. The number of halogens is 1. The van der Waals surface area contributed by atoms with Gasteiger partial charge in [-0.25, -0.2) is 4.39 Å². The summed E-state index contributed by atoms with van der Waals surface area (Å²) in [5.74, 6) is 1.65. The Kier molecular flexibility index (Phi) is 8.17. The van der Waals surface area contributed by atoms with Crippen LogP contribution in [0.1, 0.15) is 72.4 Å². The highest BCUT2D eigenvalue weighted by atomic mass is 19.1. The molecule has 2 fully saturated rings. The number of rotatable bonds is 8. The fourth-order valence-electron chi connectivity index (χ4n) is 5.85. The van der Waals surface area contributed by atoms with Crippen LogP contribution in [-0.2, 0) is 19.5 Å². The van der Waals surface area contributed by atoms with Crippen molar-refractivity contribution in [3.63, 3.8) is 0 Å². The third-order valence-corrected chi connectivity index (χ3v) is 7.87. The Bertz CT molecular complexity index is 1110. The van der Waals surface area contributed by atoms with Crippen LogP contribution in [0, 0.1) is 11.7 Å². The van der Waals surface area contributed by atoms with Crippen LogP contribution in [0.25, 0.3) is 0 Å². The topological polar surface area (TPSA) is 36.7 Å². The van der Waals surface area contributed by atoms with Crippen LogP contribution in [0.2, 0.25) is 0 Å². The summed E-state index contributed by atoms with van der Waals surface area (Å²) in [7, 11) is 0. The molecule has 0 unspecified atom stereocenters. The standard InChI is InChI=1S/C31H37FN2O2/c32-27-11-7-10-26(21-27)22-34(28-12-5-2-6-13-28)23-29-14-15-30(36-29)31(35)33-18-16-25(17-19-33)20-24-8-3-1-4-9-24/h1,3-4,7-11,14-15,21,25,28H,2,5-6,12-13,16-20,22-23H2. The lowest BCUT2D eigenvalue weighted by atomic mass is 9.90. The van der Waals surface area contributed by atoms with Gasteiger partial charge in [-0.1, -0.05) is 61.7 Å². The zero-order chi connectivity index (χ0) is 24.7. The summed E-state index contributed by atoms with van der Waals surface area (Å²) in [6.07, 6.45) is 9.18. The minimum absolute atomic E-state index is 0.00578. The van der Waals surface area contributed by atoms with E-state index in [1.165, 1.54) is 30.9 Å². The maximum absolute atomic E-state index is 13.8. The molecule has 1 saturated carbocycles. The molecule has 0 atom stereocenters. The summed E-state index contributed by atoms with van der Waals surface area (Å²) in [6.45, 7) is 2.87. The van der Waals surface area contributed by atoms with E-state index in [-0.39, 0.29) is 11.7 Å². The van der Waals surface area contributed by atoms with Gasteiger partial charge in [0.1, 0.15) is 11.6 Å². The van der Waals surface area contributed by atoms with Crippen LogP contribution >= 0.6 is 0 Å². The number of furan rings is 1. The SMILES string of the molecule is O=C(c1ccc(CN(Cc2cccc(F)c2)C2CCCCC2)o1)N1CCC(Cc2ccccc2)CC1. The first kappa shape index (κ1) is 24.8. The minimum Gasteiger partial charge on any atom is -0.455 e. The van der Waals surface area contributed by atoms with Crippen molar-refractivity contribution in [3.8, 4) is 0 Å². The first-order valence-electron chi connectivity index (χ1n) is 13.5. The summed E-state index contributed by atoms with van der Waals surface area (Å²) < 4.78 is 19.9. The second-order valence-corrected chi connectivity index (χ2v) is 10.5. The van der Waals surface area contributed by atoms with Gasteiger partial charge in [-0.2, -0.15) is 0 Å². The number of amides is 1. The molecule has 0 spiro atoms. The number of piperidine rings is 1. The first-order chi connectivity index (χ1) is 17.6. The van der Waals surface area contributed by atoms with Gasteiger partial charge in [0.25, 0.3) is 5.91 Å². The lowest BCUT2D eigenvalue weighted by molar-refractivity contribution is 0.0651. The highest BCUT2D eigenvalue weighted by Gasteiger charge is 2.27. The van der Waals surface area contributed by atoms with Gasteiger partial charge in [0.05, 0.1) is 6.54 Å². The van der Waals surface area contributed by atoms with E-state index in [1.54, 1.807) is 12.1 Å². The number of hydrogen-bond acceptors (Lipinski definition) is 3. The van der Waals surface area contributed by atoms with Crippen molar-refractivity contribution in [1.29, 1.82) is 0 Å². The Morgan fingerprint density at radius 1 is 0.861 bits per heavy atom. The Morgan fingerprint density at radius 3 is 2.36 bits per heavy atom. The molecule has 190 valence electrons. The van der Waals surface area contributed by atoms with Crippen molar-refractivity contribution >= 4 is 5.91 Å². The third kappa shape index (κ3) is 6.44. The van der Waals surface area contributed by atoms with Crippen molar-refractivity contribution in [2.75, 3.05) is 13.1 Å². The normalized spacial score (nSPS) is 17.6. The highest BCUT2D eigenvalue weighted by Crippen LogP contribution is 2.27. The fraction of sp³-hybridized carbons (Fsp3) is 0.452. The zero-order valence-corrected chi connectivity index (χ0v) is 21.1. The maximum atomic E-state index is 13.8. The zero-order valence-electron chi connectivity index (χ0n) is 21.1. The molecule has 1 amide bonds. The second kappa shape index (κ2) is 11.9. The van der Waals surface area contributed by atoms with Crippen molar-refractivity contribution in [2.45, 2.75) is 70.5 Å². The Morgan fingerprint density at radius 2 is 1.61 bits per heavy atom. The van der Waals surface area contributed by atoms with E-state index in [0.29, 0.717) is 30.8 Å². The van der Waals surface area contributed by atoms with Crippen LogP contribution in [0.5, 0.6) is 0 Å². The largest absolute Gasteiger partial charge is 0.455 e. The van der Waals surface area contributed by atoms with Gasteiger partial charge in [-0.15, -0.1) is 0 Å². The molecule has 4 nitrogen and oxygen atoms in total. The number of benzene rings is 2. The van der Waals surface area contributed by atoms with E-state index in [4.69, 9.17) is 4.42 Å². The molecule has 36 heavy (non-hydrogen) atoms. The van der Waals surface area contributed by atoms with Crippen LogP contribution in [0.15, 0.2) is 71.1 Å². The van der Waals surface area contributed by atoms with Gasteiger partial charge < -0.3 is 9.32 Å². The third-order valence-electron chi connectivity index (χ3n) is 7.87. The minimum atomic E-state index is -0.200. The Labute approximate surface area is 214 Å². The van der Waals surface area contributed by atoms with Crippen molar-refractivity contribution in [1.82, 2.24) is 9.80 Å². The van der Waals surface area contributed by atoms with Gasteiger partial charge >= 0.3 is 0 Å². The lowest BCUT2D eigenvalue weighted by Gasteiger charge is -2.34. The molecule has 1 aliphatic heterocycles. The average Bonchev–Trinajstić information content (AvgIpc) is 3.38. The van der Waals surface area contributed by atoms with Crippen LogP contribution in [-0.4, -0.2) is 34.8 Å². The molecule has 1 saturated heterocycles. The van der Waals surface area contributed by atoms with E-state index in [9.17, 15) is 9.18 Å². The lowest BCUT2D eigenvalue weighted by Crippen LogP contribution is -2.38. The molecular weight excluding hydrogens is 451 g/mol. The quantitative estimate of drug-likeness (QED) is 0.348. The number of carbonyl (C=O) groups is 1. The second-order valence-electron chi connectivity index (χ2n) is 10.5. The highest BCUT2D eigenvalue weighted by molar-refractivity contribution is 5.91. The van der Waals surface area contributed by atoms with Crippen molar-refractivity contribution in [2.24, 2.45) is 5.92 Å². The van der Waals surface area contributed by atoms with Crippen LogP contribution < -0.4 is 0 Å². The van der Waals surface area contributed by atoms with Gasteiger partial charge in [-0.05, 0) is 73.4 Å². The molecule has 5 heteroatoms. The molecule has 1 aromatic heterocycles. The molecule has 3 aromatic rings. The Hall–Kier alpha value is -2.92. The summed E-state index contributed by atoms with van der Waals surface area (Å²) >= 11 is 0.